The minimum absolute atomic E-state index is 0.0370. The Morgan fingerprint density at radius 3 is 2.10 bits per heavy atom. The lowest BCUT2D eigenvalue weighted by Crippen LogP contribution is -1.96. The second-order valence-corrected chi connectivity index (χ2v) is 6.37. The van der Waals surface area contributed by atoms with Crippen molar-refractivity contribution < 1.29 is 9.59 Å². The van der Waals surface area contributed by atoms with Crippen molar-refractivity contribution in [2.24, 2.45) is 5.92 Å². The molecule has 0 bridgehead atoms. The predicted molar refractivity (Wildman–Crippen MR) is 90.4 cm³/mol. The number of carbonyl (C=O) groups is 2. The van der Waals surface area contributed by atoms with Crippen LogP contribution in [0.5, 0.6) is 0 Å². The van der Waals surface area contributed by atoms with E-state index in [4.69, 9.17) is 0 Å². The summed E-state index contributed by atoms with van der Waals surface area (Å²) >= 11 is 0. The maximum atomic E-state index is 11.2. The number of ketones is 1. The van der Waals surface area contributed by atoms with Gasteiger partial charge in [0.25, 0.3) is 0 Å². The summed E-state index contributed by atoms with van der Waals surface area (Å²) in [5.41, 5.74) is 2.82. The fourth-order valence-electron chi connectivity index (χ4n) is 2.21. The molecule has 21 heavy (non-hydrogen) atoms. The van der Waals surface area contributed by atoms with Crippen molar-refractivity contribution in [1.29, 1.82) is 0 Å². The van der Waals surface area contributed by atoms with Crippen molar-refractivity contribution in [2.75, 3.05) is 0 Å². The number of Topliss-reactive ketones (excluding diaryl/α,β-unsaturated/α-hetero) is 1. The molecule has 0 fully saturated rings. The average Bonchev–Trinajstić information content (AvgIpc) is 2.38. The van der Waals surface area contributed by atoms with Crippen LogP contribution in [-0.4, -0.2) is 12.1 Å². The molecule has 0 saturated carbocycles. The molecule has 0 aromatic rings. The maximum absolute atomic E-state index is 11.2. The fraction of sp³-hybridized carbons (Fsp3) is 0.684. The van der Waals surface area contributed by atoms with Gasteiger partial charge in [0.15, 0.2) is 0 Å². The van der Waals surface area contributed by atoms with E-state index in [9.17, 15) is 9.59 Å². The number of carbonyl (C=O) groups excluding carboxylic acids is 2. The first-order chi connectivity index (χ1) is 9.95. The molecule has 2 heteroatoms. The molecule has 0 aliphatic rings. The highest BCUT2D eigenvalue weighted by atomic mass is 16.1. The van der Waals surface area contributed by atoms with Crippen LogP contribution in [0.1, 0.15) is 79.1 Å². The molecule has 0 aliphatic carbocycles. The lowest BCUT2D eigenvalue weighted by atomic mass is 10.0. The SMILES string of the molecule is CC(=CCCC(=O)CC=O)CCC=C(C)CCCC(C)C. The monoisotopic (exact) mass is 292 g/mol. The summed E-state index contributed by atoms with van der Waals surface area (Å²) in [4.78, 5) is 21.4. The van der Waals surface area contributed by atoms with Gasteiger partial charge in [-0.05, 0) is 51.9 Å². The van der Waals surface area contributed by atoms with Gasteiger partial charge >= 0.3 is 0 Å². The summed E-state index contributed by atoms with van der Waals surface area (Å²) < 4.78 is 0. The summed E-state index contributed by atoms with van der Waals surface area (Å²) in [5, 5.41) is 0. The highest BCUT2D eigenvalue weighted by molar-refractivity contribution is 5.89. The van der Waals surface area contributed by atoms with Crippen LogP contribution >= 0.6 is 0 Å². The Kier molecular flexibility index (Phi) is 11.8. The number of hydrogen-bond acceptors (Lipinski definition) is 2. The van der Waals surface area contributed by atoms with E-state index in [0.29, 0.717) is 12.7 Å². The topological polar surface area (TPSA) is 34.1 Å². The highest BCUT2D eigenvalue weighted by Crippen LogP contribution is 2.14. The molecule has 0 atom stereocenters. The van der Waals surface area contributed by atoms with E-state index in [2.05, 4.69) is 39.8 Å². The van der Waals surface area contributed by atoms with Gasteiger partial charge in [0.1, 0.15) is 12.1 Å². The Labute approximate surface area is 130 Å². The Morgan fingerprint density at radius 2 is 1.52 bits per heavy atom. The third-order valence-corrected chi connectivity index (χ3v) is 3.61. The summed E-state index contributed by atoms with van der Waals surface area (Å²) in [5.74, 6) is 0.833. The summed E-state index contributed by atoms with van der Waals surface area (Å²) in [6.45, 7) is 8.88. The predicted octanol–water partition coefficient (Wildman–Crippen LogP) is 5.42. The first-order valence-electron chi connectivity index (χ1n) is 8.22. The van der Waals surface area contributed by atoms with Crippen LogP contribution in [0.3, 0.4) is 0 Å². The molecular weight excluding hydrogens is 260 g/mol. The molecule has 0 saturated heterocycles. The van der Waals surface area contributed by atoms with Gasteiger partial charge in [-0.2, -0.15) is 0 Å². The lowest BCUT2D eigenvalue weighted by molar-refractivity contribution is -0.122. The van der Waals surface area contributed by atoms with Gasteiger partial charge in [-0.3, -0.25) is 4.79 Å². The van der Waals surface area contributed by atoms with E-state index < -0.39 is 0 Å². The van der Waals surface area contributed by atoms with E-state index in [1.54, 1.807) is 0 Å². The van der Waals surface area contributed by atoms with Gasteiger partial charge in [-0.25, -0.2) is 0 Å². The van der Waals surface area contributed by atoms with Crippen LogP contribution < -0.4 is 0 Å². The van der Waals surface area contributed by atoms with Crippen LogP contribution in [0.4, 0.5) is 0 Å². The average molecular weight is 292 g/mol. The second kappa shape index (κ2) is 12.6. The molecule has 0 radical (unpaired) electrons. The Hall–Kier alpha value is -1.18. The van der Waals surface area contributed by atoms with Gasteiger partial charge in [-0.15, -0.1) is 0 Å². The molecule has 0 unspecified atom stereocenters. The van der Waals surface area contributed by atoms with E-state index in [-0.39, 0.29) is 12.2 Å². The first kappa shape index (κ1) is 19.8. The largest absolute Gasteiger partial charge is 0.303 e. The van der Waals surface area contributed by atoms with E-state index in [0.717, 1.165) is 25.2 Å². The Balaban J connectivity index is 3.82. The standard InChI is InChI=1S/C19H32O2/c1-16(2)8-5-9-17(3)10-6-11-18(4)12-7-13-19(21)14-15-20/h10,12,15-16H,5-9,11,13-14H2,1-4H3. The minimum atomic E-state index is 0.0370. The summed E-state index contributed by atoms with van der Waals surface area (Å²) in [7, 11) is 0. The quantitative estimate of drug-likeness (QED) is 0.273. The van der Waals surface area contributed by atoms with Crippen molar-refractivity contribution in [1.82, 2.24) is 0 Å². The summed E-state index contributed by atoms with van der Waals surface area (Å²) in [6.07, 6.45) is 12.4. The van der Waals surface area contributed by atoms with Crippen LogP contribution in [0.2, 0.25) is 0 Å². The number of hydrogen-bond donors (Lipinski definition) is 0. The molecule has 0 amide bonds. The van der Waals surface area contributed by atoms with Crippen molar-refractivity contribution in [2.45, 2.75) is 79.1 Å². The normalized spacial score (nSPS) is 12.8. The third kappa shape index (κ3) is 13.6. The zero-order valence-electron chi connectivity index (χ0n) is 14.3. The molecule has 0 heterocycles. The molecule has 0 spiro atoms. The lowest BCUT2D eigenvalue weighted by Gasteiger charge is -2.05. The van der Waals surface area contributed by atoms with Crippen molar-refractivity contribution >= 4 is 12.1 Å². The fourth-order valence-corrected chi connectivity index (χ4v) is 2.21. The van der Waals surface area contributed by atoms with E-state index in [1.807, 2.05) is 0 Å². The summed E-state index contributed by atoms with van der Waals surface area (Å²) in [6, 6.07) is 0. The maximum Gasteiger partial charge on any atom is 0.140 e. The molecule has 120 valence electrons. The van der Waals surface area contributed by atoms with Gasteiger partial charge in [0.05, 0.1) is 6.42 Å². The molecule has 0 aromatic carbocycles. The van der Waals surface area contributed by atoms with Crippen LogP contribution in [0.15, 0.2) is 23.3 Å². The Bertz CT molecular complexity index is 362. The highest BCUT2D eigenvalue weighted by Gasteiger charge is 1.99. The van der Waals surface area contributed by atoms with Gasteiger partial charge in [-0.1, -0.05) is 43.6 Å². The molecular formula is C19H32O2. The number of aldehydes is 1. The van der Waals surface area contributed by atoms with Crippen molar-refractivity contribution in [3.05, 3.63) is 23.3 Å². The Morgan fingerprint density at radius 1 is 0.952 bits per heavy atom. The van der Waals surface area contributed by atoms with Crippen molar-refractivity contribution in [3.8, 4) is 0 Å². The smallest absolute Gasteiger partial charge is 0.140 e. The molecule has 0 aliphatic heterocycles. The van der Waals surface area contributed by atoms with Crippen LogP contribution in [-0.2, 0) is 9.59 Å². The van der Waals surface area contributed by atoms with Crippen LogP contribution in [0.25, 0.3) is 0 Å². The zero-order valence-corrected chi connectivity index (χ0v) is 14.3. The first-order valence-corrected chi connectivity index (χ1v) is 8.22. The number of allylic oxidation sites excluding steroid dienone is 4. The second-order valence-electron chi connectivity index (χ2n) is 6.37. The van der Waals surface area contributed by atoms with E-state index in [1.165, 1.54) is 30.4 Å². The van der Waals surface area contributed by atoms with Gasteiger partial charge < -0.3 is 4.79 Å². The molecule has 0 aromatic heterocycles. The van der Waals surface area contributed by atoms with Crippen LogP contribution in [0, 0.1) is 5.92 Å². The molecule has 2 nitrogen and oxygen atoms in total. The number of rotatable bonds is 12. The van der Waals surface area contributed by atoms with Gasteiger partial charge in [0.2, 0.25) is 0 Å². The molecule has 0 N–H and O–H groups in total. The van der Waals surface area contributed by atoms with E-state index >= 15 is 0 Å². The third-order valence-electron chi connectivity index (χ3n) is 3.61. The van der Waals surface area contributed by atoms with Crippen molar-refractivity contribution in [3.63, 3.8) is 0 Å². The molecule has 0 rings (SSSR count). The van der Waals surface area contributed by atoms with Gasteiger partial charge in [0, 0.05) is 6.42 Å². The zero-order chi connectivity index (χ0) is 16.1. The minimum Gasteiger partial charge on any atom is -0.303 e.